The Morgan fingerprint density at radius 1 is 1.40 bits per heavy atom. The summed E-state index contributed by atoms with van der Waals surface area (Å²) >= 11 is 3.07. The zero-order valence-corrected chi connectivity index (χ0v) is 10.1. The molecule has 0 fully saturated rings. The van der Waals surface area contributed by atoms with Gasteiger partial charge in [0.1, 0.15) is 11.5 Å². The number of alkyl halides is 1. The first-order chi connectivity index (χ1) is 7.21. The highest BCUT2D eigenvalue weighted by molar-refractivity contribution is 9.09. The van der Waals surface area contributed by atoms with E-state index in [2.05, 4.69) is 21.2 Å². The van der Waals surface area contributed by atoms with Gasteiger partial charge in [-0.25, -0.2) is 0 Å². The molecule has 0 aromatic heterocycles. The molecule has 0 heterocycles. The first-order valence-electron chi connectivity index (χ1n) is 4.29. The van der Waals surface area contributed by atoms with Crippen molar-refractivity contribution >= 4 is 27.5 Å². The number of ether oxygens (including phenoxy) is 2. The number of methoxy groups -OCH3 is 2. The Labute approximate surface area is 96.7 Å². The Kier molecular flexibility index (Phi) is 4.42. The van der Waals surface area contributed by atoms with Gasteiger partial charge in [-0.15, -0.1) is 0 Å². The zero-order valence-electron chi connectivity index (χ0n) is 8.54. The Morgan fingerprint density at radius 2 is 2.13 bits per heavy atom. The number of benzene rings is 1. The number of amides is 1. The molecule has 0 unspecified atom stereocenters. The first-order valence-corrected chi connectivity index (χ1v) is 5.41. The zero-order chi connectivity index (χ0) is 11.3. The van der Waals surface area contributed by atoms with Crippen LogP contribution in [0.15, 0.2) is 18.2 Å². The summed E-state index contributed by atoms with van der Waals surface area (Å²) in [6.07, 6.45) is 0. The molecule has 4 nitrogen and oxygen atoms in total. The van der Waals surface area contributed by atoms with Crippen molar-refractivity contribution in [3.63, 3.8) is 0 Å². The lowest BCUT2D eigenvalue weighted by Crippen LogP contribution is -2.13. The molecule has 0 saturated heterocycles. The van der Waals surface area contributed by atoms with Gasteiger partial charge in [0, 0.05) is 6.07 Å². The van der Waals surface area contributed by atoms with Crippen LogP contribution in [-0.4, -0.2) is 25.5 Å². The van der Waals surface area contributed by atoms with Crippen LogP contribution < -0.4 is 14.8 Å². The molecule has 0 bridgehead atoms. The van der Waals surface area contributed by atoms with Crippen LogP contribution in [0.5, 0.6) is 11.5 Å². The number of hydrogen-bond donors (Lipinski definition) is 1. The second-order valence-corrected chi connectivity index (χ2v) is 3.31. The Balaban J connectivity index is 2.95. The maximum atomic E-state index is 11.2. The predicted octanol–water partition coefficient (Wildman–Crippen LogP) is 2.04. The van der Waals surface area contributed by atoms with E-state index >= 15 is 0 Å². The Bertz CT molecular complexity index is 355. The van der Waals surface area contributed by atoms with Gasteiger partial charge >= 0.3 is 0 Å². The summed E-state index contributed by atoms with van der Waals surface area (Å²) in [5.74, 6) is 1.13. The Morgan fingerprint density at radius 3 is 2.67 bits per heavy atom. The lowest BCUT2D eigenvalue weighted by atomic mass is 10.2. The second kappa shape index (κ2) is 5.60. The van der Waals surface area contributed by atoms with E-state index < -0.39 is 0 Å². The fraction of sp³-hybridized carbons (Fsp3) is 0.300. The fourth-order valence-corrected chi connectivity index (χ4v) is 1.24. The largest absolute Gasteiger partial charge is 0.497 e. The second-order valence-electron chi connectivity index (χ2n) is 2.75. The topological polar surface area (TPSA) is 47.6 Å². The van der Waals surface area contributed by atoms with Gasteiger partial charge in [-0.2, -0.15) is 0 Å². The lowest BCUT2D eigenvalue weighted by Gasteiger charge is -2.10. The minimum Gasteiger partial charge on any atom is -0.497 e. The Hall–Kier alpha value is -1.23. The van der Waals surface area contributed by atoms with Crippen LogP contribution in [0.25, 0.3) is 0 Å². The summed E-state index contributed by atoms with van der Waals surface area (Å²) in [4.78, 5) is 11.2. The van der Waals surface area contributed by atoms with Crippen molar-refractivity contribution in [3.05, 3.63) is 18.2 Å². The molecular weight excluding hydrogens is 262 g/mol. The van der Waals surface area contributed by atoms with Gasteiger partial charge in [0.25, 0.3) is 0 Å². The van der Waals surface area contributed by atoms with Gasteiger partial charge in [0.15, 0.2) is 0 Å². The van der Waals surface area contributed by atoms with Gasteiger partial charge in [-0.3, -0.25) is 4.79 Å². The first kappa shape index (κ1) is 11.8. The SMILES string of the molecule is COc1ccc(OC)c(NC(=O)CBr)c1. The van der Waals surface area contributed by atoms with Crippen LogP contribution in [-0.2, 0) is 4.79 Å². The van der Waals surface area contributed by atoms with Crippen molar-refractivity contribution in [2.24, 2.45) is 0 Å². The van der Waals surface area contributed by atoms with E-state index in [0.717, 1.165) is 0 Å². The molecule has 0 aliphatic carbocycles. The summed E-state index contributed by atoms with van der Waals surface area (Å²) in [6, 6.07) is 5.21. The number of rotatable bonds is 4. The highest BCUT2D eigenvalue weighted by atomic mass is 79.9. The smallest absolute Gasteiger partial charge is 0.235 e. The quantitative estimate of drug-likeness (QED) is 0.855. The summed E-state index contributed by atoms with van der Waals surface area (Å²) in [7, 11) is 3.11. The number of hydrogen-bond acceptors (Lipinski definition) is 3. The molecule has 0 saturated carbocycles. The van der Waals surface area contributed by atoms with E-state index in [9.17, 15) is 4.79 Å². The molecular formula is C10H12BrNO3. The summed E-state index contributed by atoms with van der Waals surface area (Å²) in [5.41, 5.74) is 0.598. The third-order valence-electron chi connectivity index (χ3n) is 1.80. The number of halogens is 1. The third kappa shape index (κ3) is 3.13. The predicted molar refractivity (Wildman–Crippen MR) is 62.0 cm³/mol. The van der Waals surface area contributed by atoms with Gasteiger partial charge in [0.2, 0.25) is 5.91 Å². The monoisotopic (exact) mass is 273 g/mol. The summed E-state index contributed by atoms with van der Waals surface area (Å²) < 4.78 is 10.2. The van der Waals surface area contributed by atoms with E-state index in [1.165, 1.54) is 0 Å². The van der Waals surface area contributed by atoms with E-state index in [1.54, 1.807) is 32.4 Å². The van der Waals surface area contributed by atoms with Gasteiger partial charge in [-0.05, 0) is 12.1 Å². The van der Waals surface area contributed by atoms with Crippen LogP contribution in [0.2, 0.25) is 0 Å². The maximum absolute atomic E-state index is 11.2. The highest BCUT2D eigenvalue weighted by Gasteiger charge is 2.07. The summed E-state index contributed by atoms with van der Waals surface area (Å²) in [6.45, 7) is 0. The van der Waals surface area contributed by atoms with Crippen LogP contribution in [0.1, 0.15) is 0 Å². The van der Waals surface area contributed by atoms with E-state index in [-0.39, 0.29) is 11.2 Å². The number of anilines is 1. The molecule has 82 valence electrons. The number of carbonyl (C=O) groups is 1. The van der Waals surface area contributed by atoms with Crippen molar-refractivity contribution in [1.82, 2.24) is 0 Å². The minimum atomic E-state index is -0.137. The maximum Gasteiger partial charge on any atom is 0.235 e. The molecule has 1 rings (SSSR count). The molecule has 0 spiro atoms. The minimum absolute atomic E-state index is 0.137. The molecule has 15 heavy (non-hydrogen) atoms. The summed E-state index contributed by atoms with van der Waals surface area (Å²) in [5, 5.41) is 2.94. The van der Waals surface area contributed by atoms with E-state index in [1.807, 2.05) is 0 Å². The number of nitrogens with one attached hydrogen (secondary N) is 1. The van der Waals surface area contributed by atoms with E-state index in [4.69, 9.17) is 9.47 Å². The average molecular weight is 274 g/mol. The molecule has 0 radical (unpaired) electrons. The molecule has 0 aliphatic heterocycles. The molecule has 1 aromatic rings. The van der Waals surface area contributed by atoms with E-state index in [0.29, 0.717) is 17.2 Å². The molecule has 0 aliphatic rings. The average Bonchev–Trinajstić information content (AvgIpc) is 2.28. The normalized spacial score (nSPS) is 9.53. The van der Waals surface area contributed by atoms with Crippen LogP contribution in [0, 0.1) is 0 Å². The lowest BCUT2D eigenvalue weighted by molar-refractivity contribution is -0.113. The number of carbonyl (C=O) groups excluding carboxylic acids is 1. The van der Waals surface area contributed by atoms with Crippen molar-refractivity contribution in [2.75, 3.05) is 24.9 Å². The van der Waals surface area contributed by atoms with Crippen LogP contribution in [0.4, 0.5) is 5.69 Å². The van der Waals surface area contributed by atoms with Gasteiger partial charge in [-0.1, -0.05) is 15.9 Å². The highest BCUT2D eigenvalue weighted by Crippen LogP contribution is 2.28. The molecule has 1 amide bonds. The van der Waals surface area contributed by atoms with Crippen molar-refractivity contribution in [2.45, 2.75) is 0 Å². The van der Waals surface area contributed by atoms with Crippen LogP contribution in [0.3, 0.4) is 0 Å². The standard InChI is InChI=1S/C10H12BrNO3/c1-14-7-3-4-9(15-2)8(5-7)12-10(13)6-11/h3-5H,6H2,1-2H3,(H,12,13). The van der Waals surface area contributed by atoms with Crippen molar-refractivity contribution in [1.29, 1.82) is 0 Å². The van der Waals surface area contributed by atoms with Crippen molar-refractivity contribution in [3.8, 4) is 11.5 Å². The molecule has 1 N–H and O–H groups in total. The molecule has 1 aromatic carbocycles. The van der Waals surface area contributed by atoms with Gasteiger partial charge in [0.05, 0.1) is 25.2 Å². The van der Waals surface area contributed by atoms with Crippen molar-refractivity contribution < 1.29 is 14.3 Å². The fourth-order valence-electron chi connectivity index (χ4n) is 1.10. The third-order valence-corrected chi connectivity index (χ3v) is 2.31. The molecule has 5 heteroatoms. The van der Waals surface area contributed by atoms with Crippen LogP contribution >= 0.6 is 15.9 Å². The molecule has 0 atom stereocenters. The van der Waals surface area contributed by atoms with Gasteiger partial charge < -0.3 is 14.8 Å².